The lowest BCUT2D eigenvalue weighted by atomic mass is 10.1. The summed E-state index contributed by atoms with van der Waals surface area (Å²) in [5, 5.41) is 0. The van der Waals surface area contributed by atoms with Crippen molar-refractivity contribution in [2.75, 3.05) is 0 Å². The van der Waals surface area contributed by atoms with Crippen molar-refractivity contribution in [1.82, 2.24) is 0 Å². The van der Waals surface area contributed by atoms with Crippen molar-refractivity contribution in [2.45, 2.75) is 13.8 Å². The minimum absolute atomic E-state index is 0.380. The molecule has 0 aliphatic heterocycles. The van der Waals surface area contributed by atoms with Crippen molar-refractivity contribution in [3.8, 4) is 5.75 Å². The molecule has 0 saturated carbocycles. The first kappa shape index (κ1) is 18.1. The molecule has 0 spiro atoms. The van der Waals surface area contributed by atoms with Gasteiger partial charge in [0.2, 0.25) is 0 Å². The van der Waals surface area contributed by atoms with Gasteiger partial charge in [-0.1, -0.05) is 33.6 Å². The molecule has 3 nitrogen and oxygen atoms in total. The zero-order chi connectivity index (χ0) is 18.5. The van der Waals surface area contributed by atoms with Gasteiger partial charge in [-0.15, -0.1) is 0 Å². The normalized spacial score (nSPS) is 10.9. The van der Waals surface area contributed by atoms with Crippen LogP contribution in [0.3, 0.4) is 0 Å². The number of aliphatic imine (C=N–C) groups is 1. The summed E-state index contributed by atoms with van der Waals surface area (Å²) in [4.78, 5) is 16.6. The molecule has 0 atom stereocenters. The van der Waals surface area contributed by atoms with E-state index in [0.717, 1.165) is 21.3 Å². The maximum absolute atomic E-state index is 12.1. The molecule has 3 aromatic rings. The fourth-order valence-corrected chi connectivity index (χ4v) is 2.73. The Morgan fingerprint density at radius 2 is 1.65 bits per heavy atom. The predicted octanol–water partition coefficient (Wildman–Crippen LogP) is 6.04. The number of halogens is 1. The third kappa shape index (κ3) is 4.67. The quantitative estimate of drug-likeness (QED) is 0.300. The molecular weight excluding hydrogens is 390 g/mol. The van der Waals surface area contributed by atoms with Crippen molar-refractivity contribution in [1.29, 1.82) is 0 Å². The molecule has 3 rings (SSSR count). The number of hydrogen-bond acceptors (Lipinski definition) is 3. The summed E-state index contributed by atoms with van der Waals surface area (Å²) in [6, 6.07) is 20.5. The smallest absolute Gasteiger partial charge is 0.343 e. The third-order valence-electron chi connectivity index (χ3n) is 3.88. The molecule has 0 fully saturated rings. The van der Waals surface area contributed by atoms with E-state index in [2.05, 4.69) is 33.9 Å². The van der Waals surface area contributed by atoms with Gasteiger partial charge in [-0.25, -0.2) is 4.79 Å². The molecule has 0 aromatic heterocycles. The number of nitrogens with zero attached hydrogens (tertiary/aromatic N) is 1. The van der Waals surface area contributed by atoms with Crippen LogP contribution >= 0.6 is 15.9 Å². The number of hydrogen-bond donors (Lipinski definition) is 0. The van der Waals surface area contributed by atoms with E-state index in [4.69, 9.17) is 4.74 Å². The fourth-order valence-electron chi connectivity index (χ4n) is 2.47. The molecule has 0 aliphatic rings. The monoisotopic (exact) mass is 407 g/mol. The third-order valence-corrected chi connectivity index (χ3v) is 4.40. The summed E-state index contributed by atoms with van der Waals surface area (Å²) in [5.41, 5.74) is 4.75. The van der Waals surface area contributed by atoms with Gasteiger partial charge in [0.05, 0.1) is 11.3 Å². The summed E-state index contributed by atoms with van der Waals surface area (Å²) in [7, 11) is 0. The number of aryl methyl sites for hydroxylation is 2. The molecule has 0 unspecified atom stereocenters. The van der Waals surface area contributed by atoms with Crippen molar-refractivity contribution in [3.63, 3.8) is 0 Å². The van der Waals surface area contributed by atoms with E-state index in [1.807, 2.05) is 43.3 Å². The Labute approximate surface area is 161 Å². The van der Waals surface area contributed by atoms with Crippen LogP contribution in [-0.4, -0.2) is 12.2 Å². The Morgan fingerprint density at radius 3 is 2.31 bits per heavy atom. The van der Waals surface area contributed by atoms with E-state index in [9.17, 15) is 4.79 Å². The number of carbonyl (C=O) groups excluding carboxylic acids is 1. The molecule has 0 radical (unpaired) electrons. The minimum Gasteiger partial charge on any atom is -0.423 e. The fraction of sp³-hybridized carbons (Fsp3) is 0.0909. The lowest BCUT2D eigenvalue weighted by Gasteiger charge is -2.05. The standard InChI is InChI=1S/C22H18BrNO2/c1-15-3-12-21(16(2)13-15)24-14-17-4-10-20(11-5-17)26-22(25)18-6-8-19(23)9-7-18/h3-14H,1-2H3. The molecule has 0 heterocycles. The van der Waals surface area contributed by atoms with Gasteiger partial charge >= 0.3 is 5.97 Å². The van der Waals surface area contributed by atoms with Crippen LogP contribution < -0.4 is 4.74 Å². The Hall–Kier alpha value is -2.72. The Kier molecular flexibility index (Phi) is 5.64. The number of ether oxygens (including phenoxy) is 1. The number of rotatable bonds is 4. The van der Waals surface area contributed by atoms with Crippen molar-refractivity contribution < 1.29 is 9.53 Å². The van der Waals surface area contributed by atoms with E-state index in [0.29, 0.717) is 11.3 Å². The van der Waals surface area contributed by atoms with Gasteiger partial charge in [-0.05, 0) is 79.6 Å². The highest BCUT2D eigenvalue weighted by Gasteiger charge is 2.08. The summed E-state index contributed by atoms with van der Waals surface area (Å²) in [5.74, 6) is 0.121. The molecule has 0 saturated heterocycles. The lowest BCUT2D eigenvalue weighted by Crippen LogP contribution is -2.08. The highest BCUT2D eigenvalue weighted by Crippen LogP contribution is 2.20. The Bertz CT molecular complexity index is 945. The summed E-state index contributed by atoms with van der Waals surface area (Å²) in [6.07, 6.45) is 1.80. The average Bonchev–Trinajstić information content (AvgIpc) is 2.63. The maximum atomic E-state index is 12.1. The topological polar surface area (TPSA) is 38.7 Å². The highest BCUT2D eigenvalue weighted by molar-refractivity contribution is 9.10. The van der Waals surface area contributed by atoms with Crippen molar-refractivity contribution in [3.05, 3.63) is 93.5 Å². The van der Waals surface area contributed by atoms with E-state index in [1.54, 1.807) is 30.5 Å². The van der Waals surface area contributed by atoms with Crippen LogP contribution in [0.25, 0.3) is 0 Å². The first-order valence-electron chi connectivity index (χ1n) is 8.20. The SMILES string of the molecule is Cc1ccc(N=Cc2ccc(OC(=O)c3ccc(Br)cc3)cc2)c(C)c1. The van der Waals surface area contributed by atoms with Crippen molar-refractivity contribution >= 4 is 33.8 Å². The second kappa shape index (κ2) is 8.11. The van der Waals surface area contributed by atoms with Gasteiger partial charge in [0.25, 0.3) is 0 Å². The van der Waals surface area contributed by atoms with Crippen LogP contribution in [0, 0.1) is 13.8 Å². The Balaban J connectivity index is 1.67. The van der Waals surface area contributed by atoms with Crippen LogP contribution in [0.5, 0.6) is 5.75 Å². The van der Waals surface area contributed by atoms with Gasteiger partial charge in [0.1, 0.15) is 5.75 Å². The Morgan fingerprint density at radius 1 is 0.962 bits per heavy atom. The zero-order valence-corrected chi connectivity index (χ0v) is 16.2. The van der Waals surface area contributed by atoms with E-state index in [1.165, 1.54) is 5.56 Å². The summed E-state index contributed by atoms with van der Waals surface area (Å²) < 4.78 is 6.31. The highest BCUT2D eigenvalue weighted by atomic mass is 79.9. The first-order valence-corrected chi connectivity index (χ1v) is 9.00. The minimum atomic E-state index is -0.380. The van der Waals surface area contributed by atoms with Crippen molar-refractivity contribution in [2.24, 2.45) is 4.99 Å². The van der Waals surface area contributed by atoms with Gasteiger partial charge < -0.3 is 4.74 Å². The van der Waals surface area contributed by atoms with Crippen LogP contribution in [0.1, 0.15) is 27.0 Å². The number of carbonyl (C=O) groups is 1. The van der Waals surface area contributed by atoms with Crippen LogP contribution in [0.4, 0.5) is 5.69 Å². The summed E-state index contributed by atoms with van der Waals surface area (Å²) in [6.45, 7) is 4.11. The number of benzene rings is 3. The largest absolute Gasteiger partial charge is 0.423 e. The van der Waals surface area contributed by atoms with Crippen LogP contribution in [0.15, 0.2) is 76.2 Å². The molecule has 0 amide bonds. The van der Waals surface area contributed by atoms with Gasteiger partial charge in [-0.3, -0.25) is 4.99 Å². The molecule has 0 N–H and O–H groups in total. The molecule has 4 heteroatoms. The summed E-state index contributed by atoms with van der Waals surface area (Å²) >= 11 is 3.34. The van der Waals surface area contributed by atoms with Gasteiger partial charge in [-0.2, -0.15) is 0 Å². The van der Waals surface area contributed by atoms with Crippen LogP contribution in [0.2, 0.25) is 0 Å². The molecule has 0 aliphatic carbocycles. The van der Waals surface area contributed by atoms with E-state index in [-0.39, 0.29) is 5.97 Å². The average molecular weight is 408 g/mol. The second-order valence-corrected chi connectivity index (χ2v) is 6.93. The van der Waals surface area contributed by atoms with Gasteiger partial charge in [0.15, 0.2) is 0 Å². The molecule has 26 heavy (non-hydrogen) atoms. The molecule has 3 aromatic carbocycles. The molecule has 0 bridgehead atoms. The number of esters is 1. The lowest BCUT2D eigenvalue weighted by molar-refractivity contribution is 0.0735. The maximum Gasteiger partial charge on any atom is 0.343 e. The second-order valence-electron chi connectivity index (χ2n) is 6.01. The first-order chi connectivity index (χ1) is 12.5. The van der Waals surface area contributed by atoms with E-state index < -0.39 is 0 Å². The zero-order valence-electron chi connectivity index (χ0n) is 14.6. The molecular formula is C22H18BrNO2. The van der Waals surface area contributed by atoms with Gasteiger partial charge in [0, 0.05) is 10.7 Å². The van der Waals surface area contributed by atoms with E-state index >= 15 is 0 Å². The predicted molar refractivity (Wildman–Crippen MR) is 109 cm³/mol. The molecule has 130 valence electrons. The van der Waals surface area contributed by atoms with Crippen LogP contribution in [-0.2, 0) is 0 Å².